The van der Waals surface area contributed by atoms with Crippen LogP contribution < -0.4 is 10.1 Å². The zero-order valence-electron chi connectivity index (χ0n) is 10.7. The zero-order chi connectivity index (χ0) is 14.3. The summed E-state index contributed by atoms with van der Waals surface area (Å²) in [6, 6.07) is 1.93. The van der Waals surface area contributed by atoms with E-state index in [9.17, 15) is 13.6 Å². The van der Waals surface area contributed by atoms with Crippen LogP contribution in [0.2, 0.25) is 0 Å². The first-order valence-electron chi connectivity index (χ1n) is 6.06. The van der Waals surface area contributed by atoms with E-state index in [1.807, 2.05) is 6.92 Å². The summed E-state index contributed by atoms with van der Waals surface area (Å²) in [6.07, 6.45) is 1.77. The Bertz CT molecular complexity index is 415. The average Bonchev–Trinajstić information content (AvgIpc) is 2.37. The van der Waals surface area contributed by atoms with Crippen LogP contribution in [-0.4, -0.2) is 24.2 Å². The Hall–Kier alpha value is -1.69. The van der Waals surface area contributed by atoms with E-state index in [-0.39, 0.29) is 5.56 Å². The fourth-order valence-corrected chi connectivity index (χ4v) is 1.43. The minimum Gasteiger partial charge on any atom is -0.478 e. The Kier molecular flexibility index (Phi) is 6.21. The third-order valence-electron chi connectivity index (χ3n) is 2.44. The number of aliphatic hydroxyl groups excluding tert-OH is 1. The van der Waals surface area contributed by atoms with Crippen molar-refractivity contribution < 1.29 is 23.4 Å². The van der Waals surface area contributed by atoms with Gasteiger partial charge in [-0.2, -0.15) is 0 Å². The van der Waals surface area contributed by atoms with Crippen molar-refractivity contribution in [3.8, 4) is 5.75 Å². The standard InChI is InChI=1S/C13H17F2NO3/c1-2-3-4-16-12(18)8-19-13-10(14)5-9(7-17)6-11(13)15/h5-6,17H,2-4,7-8H2,1H3,(H,16,18). The molecule has 0 bridgehead atoms. The van der Waals surface area contributed by atoms with E-state index in [0.29, 0.717) is 6.54 Å². The molecule has 1 rings (SSSR count). The van der Waals surface area contributed by atoms with Crippen LogP contribution in [-0.2, 0) is 11.4 Å². The molecule has 2 N–H and O–H groups in total. The lowest BCUT2D eigenvalue weighted by molar-refractivity contribution is -0.123. The molecular formula is C13H17F2NO3. The van der Waals surface area contributed by atoms with Gasteiger partial charge >= 0.3 is 0 Å². The monoisotopic (exact) mass is 273 g/mol. The highest BCUT2D eigenvalue weighted by Crippen LogP contribution is 2.23. The quantitative estimate of drug-likeness (QED) is 0.744. The first kappa shape index (κ1) is 15.4. The number of carbonyl (C=O) groups excluding carboxylic acids is 1. The predicted molar refractivity (Wildman–Crippen MR) is 65.7 cm³/mol. The first-order valence-corrected chi connectivity index (χ1v) is 6.06. The van der Waals surface area contributed by atoms with Gasteiger partial charge in [-0.05, 0) is 24.1 Å². The van der Waals surface area contributed by atoms with Crippen molar-refractivity contribution in [3.05, 3.63) is 29.3 Å². The van der Waals surface area contributed by atoms with Crippen LogP contribution in [0.15, 0.2) is 12.1 Å². The lowest BCUT2D eigenvalue weighted by atomic mass is 10.2. The number of benzene rings is 1. The Morgan fingerprint density at radius 3 is 2.53 bits per heavy atom. The number of nitrogens with one attached hydrogen (secondary N) is 1. The smallest absolute Gasteiger partial charge is 0.257 e. The number of hydrogen-bond donors (Lipinski definition) is 2. The van der Waals surface area contributed by atoms with E-state index in [1.165, 1.54) is 0 Å². The molecule has 0 aromatic heterocycles. The van der Waals surface area contributed by atoms with E-state index < -0.39 is 36.5 Å². The molecular weight excluding hydrogens is 256 g/mol. The Labute approximate surface area is 110 Å². The second-order valence-electron chi connectivity index (χ2n) is 4.04. The second-order valence-corrected chi connectivity index (χ2v) is 4.04. The van der Waals surface area contributed by atoms with E-state index in [1.54, 1.807) is 0 Å². The Balaban J connectivity index is 2.55. The number of aliphatic hydroxyl groups is 1. The van der Waals surface area contributed by atoms with Gasteiger partial charge in [-0.15, -0.1) is 0 Å². The maximum absolute atomic E-state index is 13.4. The number of ether oxygens (including phenoxy) is 1. The van der Waals surface area contributed by atoms with Gasteiger partial charge in [0.05, 0.1) is 6.61 Å². The van der Waals surface area contributed by atoms with Crippen LogP contribution in [0.5, 0.6) is 5.75 Å². The molecule has 0 saturated carbocycles. The summed E-state index contributed by atoms with van der Waals surface area (Å²) in [7, 11) is 0. The highest BCUT2D eigenvalue weighted by molar-refractivity contribution is 5.77. The van der Waals surface area contributed by atoms with Gasteiger partial charge in [-0.3, -0.25) is 4.79 Å². The van der Waals surface area contributed by atoms with Crippen LogP contribution >= 0.6 is 0 Å². The maximum atomic E-state index is 13.4. The molecule has 6 heteroatoms. The molecule has 1 aromatic rings. The van der Waals surface area contributed by atoms with E-state index in [4.69, 9.17) is 9.84 Å². The predicted octanol–water partition coefficient (Wildman–Crippen LogP) is 1.75. The summed E-state index contributed by atoms with van der Waals surface area (Å²) in [4.78, 5) is 11.3. The molecule has 0 atom stereocenters. The van der Waals surface area contributed by atoms with Crippen molar-refractivity contribution in [3.63, 3.8) is 0 Å². The third-order valence-corrected chi connectivity index (χ3v) is 2.44. The topological polar surface area (TPSA) is 58.6 Å². The van der Waals surface area contributed by atoms with E-state index >= 15 is 0 Å². The largest absolute Gasteiger partial charge is 0.478 e. The maximum Gasteiger partial charge on any atom is 0.257 e. The highest BCUT2D eigenvalue weighted by atomic mass is 19.1. The summed E-state index contributed by atoms with van der Waals surface area (Å²) in [6.45, 7) is 1.57. The molecule has 0 aliphatic carbocycles. The SMILES string of the molecule is CCCCNC(=O)COc1c(F)cc(CO)cc1F. The van der Waals surface area contributed by atoms with E-state index in [2.05, 4.69) is 5.32 Å². The first-order chi connectivity index (χ1) is 9.08. The number of halogens is 2. The fourth-order valence-electron chi connectivity index (χ4n) is 1.43. The minimum absolute atomic E-state index is 0.106. The van der Waals surface area contributed by atoms with Crippen LogP contribution in [0.3, 0.4) is 0 Å². The van der Waals surface area contributed by atoms with Gasteiger partial charge in [0.1, 0.15) is 0 Å². The summed E-state index contributed by atoms with van der Waals surface area (Å²) in [5, 5.41) is 11.3. The zero-order valence-corrected chi connectivity index (χ0v) is 10.7. The summed E-state index contributed by atoms with van der Waals surface area (Å²) in [5.41, 5.74) is 0.106. The molecule has 1 amide bonds. The summed E-state index contributed by atoms with van der Waals surface area (Å²) < 4.78 is 31.7. The molecule has 0 aliphatic rings. The molecule has 0 saturated heterocycles. The fraction of sp³-hybridized carbons (Fsp3) is 0.462. The van der Waals surface area contributed by atoms with Gasteiger partial charge in [-0.25, -0.2) is 8.78 Å². The number of rotatable bonds is 7. The number of unbranched alkanes of at least 4 members (excludes halogenated alkanes) is 1. The molecule has 4 nitrogen and oxygen atoms in total. The van der Waals surface area contributed by atoms with Crippen molar-refractivity contribution in [1.82, 2.24) is 5.32 Å². The van der Waals surface area contributed by atoms with Crippen molar-refractivity contribution in [2.45, 2.75) is 26.4 Å². The van der Waals surface area contributed by atoms with Crippen molar-refractivity contribution in [2.24, 2.45) is 0 Å². The molecule has 1 aromatic carbocycles. The van der Waals surface area contributed by atoms with Gasteiger partial charge in [-0.1, -0.05) is 13.3 Å². The number of amides is 1. The molecule has 0 heterocycles. The average molecular weight is 273 g/mol. The normalized spacial score (nSPS) is 10.3. The van der Waals surface area contributed by atoms with Crippen LogP contribution in [0.1, 0.15) is 25.3 Å². The molecule has 0 unspecified atom stereocenters. The lowest BCUT2D eigenvalue weighted by Crippen LogP contribution is -2.29. The van der Waals surface area contributed by atoms with Gasteiger partial charge in [0.25, 0.3) is 5.91 Å². The summed E-state index contributed by atoms with van der Waals surface area (Å²) in [5.74, 6) is -2.92. The molecule has 0 fully saturated rings. The minimum atomic E-state index is -0.939. The van der Waals surface area contributed by atoms with Crippen LogP contribution in [0, 0.1) is 11.6 Å². The highest BCUT2D eigenvalue weighted by Gasteiger charge is 2.14. The van der Waals surface area contributed by atoms with Crippen molar-refractivity contribution in [2.75, 3.05) is 13.2 Å². The molecule has 19 heavy (non-hydrogen) atoms. The molecule has 0 spiro atoms. The molecule has 0 aliphatic heterocycles. The van der Waals surface area contributed by atoms with Crippen LogP contribution in [0.4, 0.5) is 8.78 Å². The van der Waals surface area contributed by atoms with Crippen molar-refractivity contribution >= 4 is 5.91 Å². The van der Waals surface area contributed by atoms with Gasteiger partial charge in [0.2, 0.25) is 0 Å². The van der Waals surface area contributed by atoms with E-state index in [0.717, 1.165) is 25.0 Å². The van der Waals surface area contributed by atoms with Gasteiger partial charge in [0.15, 0.2) is 24.0 Å². The summed E-state index contributed by atoms with van der Waals surface area (Å²) >= 11 is 0. The lowest BCUT2D eigenvalue weighted by Gasteiger charge is -2.09. The number of hydrogen-bond acceptors (Lipinski definition) is 3. The number of carbonyl (C=O) groups is 1. The van der Waals surface area contributed by atoms with Gasteiger partial charge < -0.3 is 15.2 Å². The molecule has 0 radical (unpaired) electrons. The second kappa shape index (κ2) is 7.68. The Morgan fingerprint density at radius 1 is 1.37 bits per heavy atom. The molecule has 106 valence electrons. The Morgan fingerprint density at radius 2 is 2.00 bits per heavy atom. The van der Waals surface area contributed by atoms with Crippen LogP contribution in [0.25, 0.3) is 0 Å². The third kappa shape index (κ3) is 4.82. The van der Waals surface area contributed by atoms with Crippen molar-refractivity contribution in [1.29, 1.82) is 0 Å². The van der Waals surface area contributed by atoms with Gasteiger partial charge in [0, 0.05) is 6.54 Å².